The molecule has 70 valence electrons. The van der Waals surface area contributed by atoms with Gasteiger partial charge in [0.2, 0.25) is 0 Å². The molecule has 1 aromatic heterocycles. The first-order valence-corrected chi connectivity index (χ1v) is 4.89. The molecule has 13 heavy (non-hydrogen) atoms. The van der Waals surface area contributed by atoms with Crippen LogP contribution >= 0.6 is 11.6 Å². The van der Waals surface area contributed by atoms with E-state index in [1.54, 1.807) is 0 Å². The molecule has 0 aliphatic carbocycles. The van der Waals surface area contributed by atoms with Crippen molar-refractivity contribution in [2.45, 2.75) is 25.8 Å². The quantitative estimate of drug-likeness (QED) is 0.646. The van der Waals surface area contributed by atoms with Crippen LogP contribution in [0.4, 0.5) is 5.82 Å². The largest absolute Gasteiger partial charge is 0.354 e. The summed E-state index contributed by atoms with van der Waals surface area (Å²) in [5, 5.41) is 0.518. The van der Waals surface area contributed by atoms with Gasteiger partial charge in [-0.15, -0.1) is 0 Å². The summed E-state index contributed by atoms with van der Waals surface area (Å²) in [6.45, 7) is 3.29. The Kier molecular flexibility index (Phi) is 2.36. The van der Waals surface area contributed by atoms with E-state index in [4.69, 9.17) is 11.6 Å². The zero-order valence-electron chi connectivity index (χ0n) is 7.57. The van der Waals surface area contributed by atoms with E-state index >= 15 is 0 Å². The van der Waals surface area contributed by atoms with Gasteiger partial charge < -0.3 is 4.90 Å². The standard InChI is InChI=1S/C9H12ClN3/c1-7-3-2-4-13(7)9-5-8(10)11-6-12-9/h5-7H,2-4H2,1H3. The number of nitrogens with zero attached hydrogens (tertiary/aromatic N) is 3. The highest BCUT2D eigenvalue weighted by molar-refractivity contribution is 6.29. The molecule has 4 heteroatoms. The monoisotopic (exact) mass is 197 g/mol. The zero-order valence-corrected chi connectivity index (χ0v) is 8.33. The predicted octanol–water partition coefficient (Wildman–Crippen LogP) is 2.12. The molecule has 1 aliphatic heterocycles. The smallest absolute Gasteiger partial charge is 0.134 e. The fourth-order valence-corrected chi connectivity index (χ4v) is 1.90. The van der Waals surface area contributed by atoms with Gasteiger partial charge in [0.15, 0.2) is 0 Å². The molecule has 2 heterocycles. The Hall–Kier alpha value is -0.830. The highest BCUT2D eigenvalue weighted by Crippen LogP contribution is 2.23. The maximum Gasteiger partial charge on any atom is 0.134 e. The maximum atomic E-state index is 5.79. The van der Waals surface area contributed by atoms with Gasteiger partial charge in [-0.1, -0.05) is 11.6 Å². The molecule has 0 spiro atoms. The lowest BCUT2D eigenvalue weighted by Gasteiger charge is -2.21. The van der Waals surface area contributed by atoms with Crippen LogP contribution in [0.2, 0.25) is 5.15 Å². The minimum absolute atomic E-state index is 0.518. The summed E-state index contributed by atoms with van der Waals surface area (Å²) in [6.07, 6.45) is 3.99. The van der Waals surface area contributed by atoms with E-state index in [2.05, 4.69) is 21.8 Å². The fourth-order valence-electron chi connectivity index (χ4n) is 1.75. The lowest BCUT2D eigenvalue weighted by molar-refractivity contribution is 0.726. The molecule has 1 saturated heterocycles. The summed E-state index contributed by atoms with van der Waals surface area (Å²) in [7, 11) is 0. The van der Waals surface area contributed by atoms with E-state index in [-0.39, 0.29) is 0 Å². The summed E-state index contributed by atoms with van der Waals surface area (Å²) in [6, 6.07) is 2.40. The van der Waals surface area contributed by atoms with Crippen molar-refractivity contribution in [3.8, 4) is 0 Å². The highest BCUT2D eigenvalue weighted by Gasteiger charge is 2.21. The van der Waals surface area contributed by atoms with Crippen molar-refractivity contribution in [1.29, 1.82) is 0 Å². The highest BCUT2D eigenvalue weighted by atomic mass is 35.5. The average molecular weight is 198 g/mol. The second-order valence-corrected chi connectivity index (χ2v) is 3.77. The molecule has 0 bridgehead atoms. The van der Waals surface area contributed by atoms with Gasteiger partial charge in [-0.3, -0.25) is 0 Å². The normalized spacial score (nSPS) is 22.3. The lowest BCUT2D eigenvalue weighted by Crippen LogP contribution is -2.27. The van der Waals surface area contributed by atoms with E-state index in [1.807, 2.05) is 6.07 Å². The minimum Gasteiger partial charge on any atom is -0.354 e. The molecular formula is C9H12ClN3. The Morgan fingerprint density at radius 3 is 3.00 bits per heavy atom. The van der Waals surface area contributed by atoms with Crippen molar-refractivity contribution in [1.82, 2.24) is 9.97 Å². The molecule has 1 aliphatic rings. The van der Waals surface area contributed by atoms with Gasteiger partial charge in [0.1, 0.15) is 17.3 Å². The first-order valence-electron chi connectivity index (χ1n) is 4.51. The molecule has 0 saturated carbocycles. The van der Waals surface area contributed by atoms with Crippen LogP contribution in [0.1, 0.15) is 19.8 Å². The number of aromatic nitrogens is 2. The van der Waals surface area contributed by atoms with Crippen LogP contribution < -0.4 is 4.90 Å². The Labute approximate surface area is 82.8 Å². The second kappa shape index (κ2) is 3.50. The predicted molar refractivity (Wildman–Crippen MR) is 53.1 cm³/mol. The van der Waals surface area contributed by atoms with Gasteiger partial charge in [0.05, 0.1) is 0 Å². The van der Waals surface area contributed by atoms with Crippen LogP contribution in [0.25, 0.3) is 0 Å². The first kappa shape index (κ1) is 8.75. The Bertz CT molecular complexity index is 303. The van der Waals surface area contributed by atoms with Crippen molar-refractivity contribution in [3.63, 3.8) is 0 Å². The third-order valence-corrected chi connectivity index (χ3v) is 2.67. The van der Waals surface area contributed by atoms with Gasteiger partial charge in [0.25, 0.3) is 0 Å². The zero-order chi connectivity index (χ0) is 9.26. The molecule has 0 aromatic carbocycles. The van der Waals surface area contributed by atoms with Crippen molar-refractivity contribution < 1.29 is 0 Å². The molecule has 0 amide bonds. The molecule has 1 fully saturated rings. The van der Waals surface area contributed by atoms with Crippen molar-refractivity contribution in [2.75, 3.05) is 11.4 Å². The van der Waals surface area contributed by atoms with Crippen molar-refractivity contribution >= 4 is 17.4 Å². The molecule has 1 unspecified atom stereocenters. The number of rotatable bonds is 1. The van der Waals surface area contributed by atoms with Crippen LogP contribution in [0.5, 0.6) is 0 Å². The number of hydrogen-bond acceptors (Lipinski definition) is 3. The molecule has 1 aromatic rings. The SMILES string of the molecule is CC1CCCN1c1cc(Cl)ncn1. The maximum absolute atomic E-state index is 5.79. The molecule has 0 radical (unpaired) electrons. The van der Waals surface area contributed by atoms with Gasteiger partial charge in [-0.05, 0) is 19.8 Å². The second-order valence-electron chi connectivity index (χ2n) is 3.38. The van der Waals surface area contributed by atoms with Crippen molar-refractivity contribution in [2.24, 2.45) is 0 Å². The number of halogens is 1. The third-order valence-electron chi connectivity index (χ3n) is 2.47. The van der Waals surface area contributed by atoms with Gasteiger partial charge in [-0.2, -0.15) is 0 Å². The van der Waals surface area contributed by atoms with Gasteiger partial charge in [-0.25, -0.2) is 9.97 Å². The van der Waals surface area contributed by atoms with E-state index in [0.717, 1.165) is 12.4 Å². The Balaban J connectivity index is 2.24. The fraction of sp³-hybridized carbons (Fsp3) is 0.556. The Morgan fingerprint density at radius 1 is 1.54 bits per heavy atom. The molecule has 1 atom stereocenters. The summed E-state index contributed by atoms with van der Waals surface area (Å²) in [5.41, 5.74) is 0. The first-order chi connectivity index (χ1) is 6.27. The van der Waals surface area contributed by atoms with E-state index in [9.17, 15) is 0 Å². The topological polar surface area (TPSA) is 29.0 Å². The van der Waals surface area contributed by atoms with Gasteiger partial charge >= 0.3 is 0 Å². The molecule has 2 rings (SSSR count). The third kappa shape index (κ3) is 1.75. The molecular weight excluding hydrogens is 186 g/mol. The summed E-state index contributed by atoms with van der Waals surface area (Å²) >= 11 is 5.79. The van der Waals surface area contributed by atoms with Gasteiger partial charge in [0, 0.05) is 18.7 Å². The van der Waals surface area contributed by atoms with E-state index in [1.165, 1.54) is 19.2 Å². The van der Waals surface area contributed by atoms with Crippen molar-refractivity contribution in [3.05, 3.63) is 17.5 Å². The lowest BCUT2D eigenvalue weighted by atomic mass is 10.2. The van der Waals surface area contributed by atoms with E-state index in [0.29, 0.717) is 11.2 Å². The number of hydrogen-bond donors (Lipinski definition) is 0. The number of anilines is 1. The molecule has 0 N–H and O–H groups in total. The van der Waals surface area contributed by atoms with Crippen LogP contribution in [0, 0.1) is 0 Å². The average Bonchev–Trinajstić information content (AvgIpc) is 2.51. The van der Waals surface area contributed by atoms with Crippen LogP contribution in [-0.2, 0) is 0 Å². The summed E-state index contributed by atoms with van der Waals surface area (Å²) in [5.74, 6) is 0.949. The summed E-state index contributed by atoms with van der Waals surface area (Å²) in [4.78, 5) is 10.3. The van der Waals surface area contributed by atoms with E-state index < -0.39 is 0 Å². The minimum atomic E-state index is 0.518. The van der Waals surface area contributed by atoms with Crippen LogP contribution in [0.3, 0.4) is 0 Å². The summed E-state index contributed by atoms with van der Waals surface area (Å²) < 4.78 is 0. The molecule has 3 nitrogen and oxygen atoms in total. The van der Waals surface area contributed by atoms with Crippen LogP contribution in [-0.4, -0.2) is 22.6 Å². The Morgan fingerprint density at radius 2 is 2.38 bits per heavy atom. The van der Waals surface area contributed by atoms with Crippen LogP contribution in [0.15, 0.2) is 12.4 Å².